The van der Waals surface area contributed by atoms with Crippen LogP contribution >= 0.6 is 0 Å². The third-order valence-electron chi connectivity index (χ3n) is 6.96. The fourth-order valence-electron chi connectivity index (χ4n) is 4.69. The Labute approximate surface area is 234 Å². The number of benzene rings is 1. The molecule has 0 saturated carbocycles. The molecule has 3 N–H and O–H groups in total. The average molecular weight is 532 g/mol. The van der Waals surface area contributed by atoms with Gasteiger partial charge in [-0.1, -0.05) is 36.4 Å². The molecule has 0 aliphatic carbocycles. The van der Waals surface area contributed by atoms with Gasteiger partial charge in [-0.05, 0) is 54.9 Å². The van der Waals surface area contributed by atoms with E-state index in [9.17, 15) is 0 Å². The van der Waals surface area contributed by atoms with E-state index in [1.54, 1.807) is 0 Å². The van der Waals surface area contributed by atoms with Crippen LogP contribution in [0, 0.1) is 0 Å². The molecule has 1 aromatic carbocycles. The minimum absolute atomic E-state index is 0.792. The molecule has 39 heavy (non-hydrogen) atoms. The van der Waals surface area contributed by atoms with Gasteiger partial charge >= 0.3 is 0 Å². The maximum atomic E-state index is 5.43. The summed E-state index contributed by atoms with van der Waals surface area (Å²) < 4.78 is 5.43. The second-order valence-corrected chi connectivity index (χ2v) is 10.1. The van der Waals surface area contributed by atoms with Crippen molar-refractivity contribution >= 4 is 0 Å². The van der Waals surface area contributed by atoms with Gasteiger partial charge in [0.05, 0.1) is 24.6 Å². The van der Waals surface area contributed by atoms with Gasteiger partial charge in [-0.2, -0.15) is 0 Å². The first kappa shape index (κ1) is 29.3. The Bertz CT molecular complexity index is 967. The maximum absolute atomic E-state index is 5.43. The lowest BCUT2D eigenvalue weighted by atomic mass is 10.1. The van der Waals surface area contributed by atoms with E-state index in [0.29, 0.717) is 0 Å². The Hall–Kier alpha value is -2.72. The number of morpholine rings is 1. The minimum Gasteiger partial charge on any atom is -0.379 e. The van der Waals surface area contributed by atoms with E-state index in [1.165, 1.54) is 17.5 Å². The molecule has 0 unspecified atom stereocenters. The predicted molar refractivity (Wildman–Crippen MR) is 157 cm³/mol. The molecule has 3 aromatic rings. The van der Waals surface area contributed by atoms with E-state index in [-0.39, 0.29) is 0 Å². The maximum Gasteiger partial charge on any atom is 0.0594 e. The van der Waals surface area contributed by atoms with E-state index in [2.05, 4.69) is 72.1 Å². The van der Waals surface area contributed by atoms with Crippen molar-refractivity contribution in [3.05, 3.63) is 95.6 Å². The number of nitrogens with one attached hydrogen (secondary N) is 3. The predicted octanol–water partition coefficient (Wildman–Crippen LogP) is 2.67. The molecule has 3 heterocycles. The summed E-state index contributed by atoms with van der Waals surface area (Å²) in [4.78, 5) is 13.8. The number of hydrogen-bond acceptors (Lipinski definition) is 8. The van der Waals surface area contributed by atoms with Gasteiger partial charge in [0.25, 0.3) is 0 Å². The van der Waals surface area contributed by atoms with Crippen LogP contribution in [0.1, 0.15) is 28.9 Å². The molecule has 1 fully saturated rings. The highest BCUT2D eigenvalue weighted by atomic mass is 16.5. The Morgan fingerprint density at radius 1 is 0.692 bits per heavy atom. The largest absolute Gasteiger partial charge is 0.379 e. The lowest BCUT2D eigenvalue weighted by Gasteiger charge is -2.26. The van der Waals surface area contributed by atoms with Crippen molar-refractivity contribution in [2.24, 2.45) is 0 Å². The minimum atomic E-state index is 0.792. The molecule has 1 saturated heterocycles. The Kier molecular flexibility index (Phi) is 13.3. The molecule has 1 aliphatic heterocycles. The zero-order valence-corrected chi connectivity index (χ0v) is 23.2. The van der Waals surface area contributed by atoms with Gasteiger partial charge in [0.2, 0.25) is 0 Å². The van der Waals surface area contributed by atoms with Gasteiger partial charge in [0.1, 0.15) is 0 Å². The van der Waals surface area contributed by atoms with Crippen molar-refractivity contribution in [2.45, 2.75) is 32.6 Å². The standard InChI is InChI=1S/C31H45N7O/c1-3-13-35-30(6-1)25-33-15-18-38(19-16-34-26-31-7-2-4-14-36-31)27-29-10-8-28(9-11-29)24-32-12-5-17-37-20-22-39-23-21-37/h1-4,6-11,13-14,32-34H,5,12,15-27H2. The highest BCUT2D eigenvalue weighted by Crippen LogP contribution is 2.08. The van der Waals surface area contributed by atoms with Crippen LogP contribution in [0.2, 0.25) is 0 Å². The Morgan fingerprint density at radius 2 is 1.28 bits per heavy atom. The first-order valence-electron chi connectivity index (χ1n) is 14.4. The number of hydrogen-bond donors (Lipinski definition) is 3. The van der Waals surface area contributed by atoms with Crippen LogP contribution in [0.5, 0.6) is 0 Å². The molecule has 8 heteroatoms. The quantitative estimate of drug-likeness (QED) is 0.216. The Balaban J connectivity index is 1.18. The van der Waals surface area contributed by atoms with Gasteiger partial charge in [0.15, 0.2) is 0 Å². The van der Waals surface area contributed by atoms with Gasteiger partial charge in [-0.25, -0.2) is 0 Å². The van der Waals surface area contributed by atoms with Crippen molar-refractivity contribution in [3.63, 3.8) is 0 Å². The SMILES string of the molecule is c1ccc(CNCCN(CCNCc2ccccn2)Cc2ccc(CNCCCN3CCOCC3)cc2)nc1. The number of ether oxygens (including phenoxy) is 1. The van der Waals surface area contributed by atoms with E-state index >= 15 is 0 Å². The number of nitrogens with zero attached hydrogens (tertiary/aromatic N) is 4. The third-order valence-corrected chi connectivity index (χ3v) is 6.96. The summed E-state index contributed by atoms with van der Waals surface area (Å²) >= 11 is 0. The van der Waals surface area contributed by atoms with E-state index in [0.717, 1.165) is 103 Å². The zero-order valence-electron chi connectivity index (χ0n) is 23.2. The van der Waals surface area contributed by atoms with Crippen LogP contribution in [-0.4, -0.2) is 85.3 Å². The van der Waals surface area contributed by atoms with Crippen molar-refractivity contribution in [1.82, 2.24) is 35.7 Å². The average Bonchev–Trinajstić information content (AvgIpc) is 2.99. The molecule has 1 aliphatic rings. The smallest absolute Gasteiger partial charge is 0.0594 e. The summed E-state index contributed by atoms with van der Waals surface area (Å²) in [7, 11) is 0. The molecular weight excluding hydrogens is 486 g/mol. The van der Waals surface area contributed by atoms with Crippen molar-refractivity contribution in [1.29, 1.82) is 0 Å². The molecule has 2 aromatic heterocycles. The number of pyridine rings is 2. The molecule has 0 atom stereocenters. The lowest BCUT2D eigenvalue weighted by Crippen LogP contribution is -2.37. The van der Waals surface area contributed by atoms with Crippen LogP contribution in [0.4, 0.5) is 0 Å². The van der Waals surface area contributed by atoms with Gasteiger partial charge in [-0.15, -0.1) is 0 Å². The summed E-state index contributed by atoms with van der Waals surface area (Å²) in [6.45, 7) is 13.3. The molecular formula is C31H45N7O. The second kappa shape index (κ2) is 17.8. The van der Waals surface area contributed by atoms with Crippen molar-refractivity contribution in [2.75, 3.05) is 65.6 Å². The highest BCUT2D eigenvalue weighted by molar-refractivity contribution is 5.22. The lowest BCUT2D eigenvalue weighted by molar-refractivity contribution is 0.0374. The third kappa shape index (κ3) is 11.9. The monoisotopic (exact) mass is 531 g/mol. The fourth-order valence-corrected chi connectivity index (χ4v) is 4.69. The van der Waals surface area contributed by atoms with Crippen LogP contribution in [0.25, 0.3) is 0 Å². The number of rotatable bonds is 18. The summed E-state index contributed by atoms with van der Waals surface area (Å²) in [5.41, 5.74) is 4.84. The van der Waals surface area contributed by atoms with Gasteiger partial charge < -0.3 is 20.7 Å². The van der Waals surface area contributed by atoms with Crippen molar-refractivity contribution in [3.8, 4) is 0 Å². The summed E-state index contributed by atoms with van der Waals surface area (Å²) in [5.74, 6) is 0. The van der Waals surface area contributed by atoms with Crippen LogP contribution in [0.3, 0.4) is 0 Å². The van der Waals surface area contributed by atoms with Gasteiger partial charge in [-0.3, -0.25) is 19.8 Å². The Morgan fingerprint density at radius 3 is 1.87 bits per heavy atom. The highest BCUT2D eigenvalue weighted by Gasteiger charge is 2.09. The second-order valence-electron chi connectivity index (χ2n) is 10.1. The van der Waals surface area contributed by atoms with E-state index in [4.69, 9.17) is 4.74 Å². The van der Waals surface area contributed by atoms with Crippen LogP contribution < -0.4 is 16.0 Å². The summed E-state index contributed by atoms with van der Waals surface area (Å²) in [6.07, 6.45) is 4.87. The molecule has 0 radical (unpaired) electrons. The normalized spacial score (nSPS) is 14.2. The van der Waals surface area contributed by atoms with Gasteiger partial charge in [0, 0.05) is 77.8 Å². The molecule has 210 valence electrons. The molecule has 0 bridgehead atoms. The first-order valence-corrected chi connectivity index (χ1v) is 14.4. The first-order chi connectivity index (χ1) is 19.3. The molecule has 0 spiro atoms. The fraction of sp³-hybridized carbons (Fsp3) is 0.484. The zero-order chi connectivity index (χ0) is 26.8. The molecule has 8 nitrogen and oxygen atoms in total. The van der Waals surface area contributed by atoms with Crippen molar-refractivity contribution < 1.29 is 4.74 Å². The van der Waals surface area contributed by atoms with Crippen LogP contribution in [-0.2, 0) is 30.9 Å². The topological polar surface area (TPSA) is 77.6 Å². The number of aromatic nitrogens is 2. The molecule has 0 amide bonds. The van der Waals surface area contributed by atoms with Crippen LogP contribution in [0.15, 0.2) is 73.1 Å². The summed E-state index contributed by atoms with van der Waals surface area (Å²) in [6, 6.07) is 21.2. The van der Waals surface area contributed by atoms with E-state index in [1.807, 2.05) is 36.7 Å². The summed E-state index contributed by atoms with van der Waals surface area (Å²) in [5, 5.41) is 10.7. The molecule has 4 rings (SSSR count). The van der Waals surface area contributed by atoms with E-state index < -0.39 is 0 Å².